The number of pyridine rings is 1. The number of hydrogen-bond acceptors (Lipinski definition) is 7. The number of rotatable bonds is 6. The summed E-state index contributed by atoms with van der Waals surface area (Å²) in [5.74, 6) is 1.10. The number of benzene rings is 1. The Labute approximate surface area is 175 Å². The molecule has 5 rings (SSSR count). The molecule has 4 aromatic heterocycles. The van der Waals surface area contributed by atoms with Crippen molar-refractivity contribution in [3.05, 3.63) is 76.5 Å². The summed E-state index contributed by atoms with van der Waals surface area (Å²) in [6.45, 7) is 0.524. The lowest BCUT2D eigenvalue weighted by Gasteiger charge is -2.08. The van der Waals surface area contributed by atoms with Crippen molar-refractivity contribution in [2.45, 2.75) is 12.8 Å². The van der Waals surface area contributed by atoms with E-state index in [0.717, 1.165) is 28.6 Å². The second-order valence-electron chi connectivity index (χ2n) is 6.77. The fourth-order valence-corrected chi connectivity index (χ4v) is 3.97. The number of aromatic amines is 1. The Balaban J connectivity index is 1.34. The van der Waals surface area contributed by atoms with Crippen molar-refractivity contribution in [1.29, 1.82) is 0 Å². The molecule has 1 N–H and O–H groups in total. The minimum absolute atomic E-state index is 0.216. The van der Waals surface area contributed by atoms with Gasteiger partial charge in [0.1, 0.15) is 11.4 Å². The van der Waals surface area contributed by atoms with Gasteiger partial charge in [0, 0.05) is 24.8 Å². The van der Waals surface area contributed by atoms with Gasteiger partial charge in [-0.2, -0.15) is 0 Å². The third kappa shape index (κ3) is 3.77. The summed E-state index contributed by atoms with van der Waals surface area (Å²) in [5.41, 5.74) is 1.96. The van der Waals surface area contributed by atoms with Crippen LogP contribution in [-0.2, 0) is 6.42 Å². The van der Waals surface area contributed by atoms with Crippen LogP contribution >= 0.6 is 11.3 Å². The number of H-pyrrole nitrogens is 1. The molecule has 0 unspecified atom stereocenters. The second-order valence-corrected chi connectivity index (χ2v) is 7.72. The summed E-state index contributed by atoms with van der Waals surface area (Å²) < 4.78 is 6.91. The Morgan fingerprint density at radius 3 is 2.93 bits per heavy atom. The quantitative estimate of drug-likeness (QED) is 0.421. The zero-order valence-corrected chi connectivity index (χ0v) is 16.7. The standard InChI is InChI=1S/C22H17N5O2S/c28-22-17-11-16(29-8-1-2-15-12-23-6-7-24-15)3-4-18(17)26-21(27-22)19-10-14-5-9-30-20(14)13-25-19/h3-7,9-13H,1-2,8H2,(H,26,27,28). The molecule has 1 aromatic carbocycles. The topological polar surface area (TPSA) is 93.7 Å². The SMILES string of the molecule is O=c1[nH]c(-c2cc3ccsc3cn2)nc2ccc(OCCCc3cnccn3)cc12. The second kappa shape index (κ2) is 8.00. The largest absolute Gasteiger partial charge is 0.494 e. The minimum Gasteiger partial charge on any atom is -0.494 e. The van der Waals surface area contributed by atoms with Crippen LogP contribution in [0.25, 0.3) is 32.5 Å². The maximum Gasteiger partial charge on any atom is 0.259 e. The van der Waals surface area contributed by atoms with Gasteiger partial charge in [0.15, 0.2) is 5.82 Å². The Kier molecular flexibility index (Phi) is 4.90. The van der Waals surface area contributed by atoms with E-state index >= 15 is 0 Å². The van der Waals surface area contributed by atoms with Gasteiger partial charge in [-0.25, -0.2) is 4.98 Å². The molecule has 0 aliphatic carbocycles. The first kappa shape index (κ1) is 18.4. The predicted octanol–water partition coefficient (Wildman–Crippen LogP) is 4.00. The first-order valence-electron chi connectivity index (χ1n) is 9.52. The molecule has 0 bridgehead atoms. The van der Waals surface area contributed by atoms with Crippen LogP contribution in [0.4, 0.5) is 0 Å². The van der Waals surface area contributed by atoms with Gasteiger partial charge in [-0.1, -0.05) is 0 Å². The lowest BCUT2D eigenvalue weighted by molar-refractivity contribution is 0.311. The fraction of sp³-hybridized carbons (Fsp3) is 0.136. The van der Waals surface area contributed by atoms with Crippen molar-refractivity contribution in [1.82, 2.24) is 24.9 Å². The molecule has 0 aliphatic rings. The van der Waals surface area contributed by atoms with Gasteiger partial charge in [0.2, 0.25) is 0 Å². The molecule has 0 saturated carbocycles. The van der Waals surface area contributed by atoms with Gasteiger partial charge in [-0.15, -0.1) is 11.3 Å². The molecule has 30 heavy (non-hydrogen) atoms. The highest BCUT2D eigenvalue weighted by atomic mass is 32.1. The van der Waals surface area contributed by atoms with E-state index in [1.807, 2.05) is 23.6 Å². The Hall–Kier alpha value is -3.65. The third-order valence-corrected chi connectivity index (χ3v) is 5.59. The van der Waals surface area contributed by atoms with Gasteiger partial charge in [0.05, 0.1) is 27.9 Å². The first-order chi connectivity index (χ1) is 14.8. The molecule has 0 radical (unpaired) electrons. The molecule has 148 valence electrons. The zero-order chi connectivity index (χ0) is 20.3. The summed E-state index contributed by atoms with van der Waals surface area (Å²) in [5, 5.41) is 3.58. The molecular formula is C22H17N5O2S. The van der Waals surface area contributed by atoms with Crippen LogP contribution in [0, 0.1) is 0 Å². The Morgan fingerprint density at radius 1 is 1.07 bits per heavy atom. The lowest BCUT2D eigenvalue weighted by atomic mass is 10.2. The number of nitrogens with one attached hydrogen (secondary N) is 1. The van der Waals surface area contributed by atoms with Crippen molar-refractivity contribution in [3.8, 4) is 17.3 Å². The van der Waals surface area contributed by atoms with E-state index in [1.54, 1.807) is 48.3 Å². The Morgan fingerprint density at radius 2 is 2.03 bits per heavy atom. The monoisotopic (exact) mass is 415 g/mol. The zero-order valence-electron chi connectivity index (χ0n) is 15.9. The van der Waals surface area contributed by atoms with E-state index in [1.165, 1.54) is 0 Å². The summed E-state index contributed by atoms with van der Waals surface area (Å²) in [4.78, 5) is 32.8. The van der Waals surface area contributed by atoms with Crippen molar-refractivity contribution in [3.63, 3.8) is 0 Å². The lowest BCUT2D eigenvalue weighted by Crippen LogP contribution is -2.10. The highest BCUT2D eigenvalue weighted by molar-refractivity contribution is 7.17. The van der Waals surface area contributed by atoms with Gasteiger partial charge in [-0.05, 0) is 53.9 Å². The van der Waals surface area contributed by atoms with E-state index in [0.29, 0.717) is 34.8 Å². The molecule has 0 aliphatic heterocycles. The summed E-state index contributed by atoms with van der Waals surface area (Å²) >= 11 is 1.63. The van der Waals surface area contributed by atoms with E-state index < -0.39 is 0 Å². The van der Waals surface area contributed by atoms with Crippen LogP contribution in [0.3, 0.4) is 0 Å². The predicted molar refractivity (Wildman–Crippen MR) is 117 cm³/mol. The van der Waals surface area contributed by atoms with Gasteiger partial charge >= 0.3 is 0 Å². The third-order valence-electron chi connectivity index (χ3n) is 4.72. The van der Waals surface area contributed by atoms with Gasteiger partial charge < -0.3 is 9.72 Å². The van der Waals surface area contributed by atoms with Crippen molar-refractivity contribution < 1.29 is 4.74 Å². The fourth-order valence-electron chi connectivity index (χ4n) is 3.23. The van der Waals surface area contributed by atoms with E-state index in [4.69, 9.17) is 4.74 Å². The summed E-state index contributed by atoms with van der Waals surface area (Å²) in [7, 11) is 0. The molecule has 0 saturated heterocycles. The van der Waals surface area contributed by atoms with Crippen LogP contribution in [0.2, 0.25) is 0 Å². The minimum atomic E-state index is -0.216. The highest BCUT2D eigenvalue weighted by Crippen LogP contribution is 2.24. The average Bonchev–Trinajstić information content (AvgIpc) is 3.25. The summed E-state index contributed by atoms with van der Waals surface area (Å²) in [6.07, 6.45) is 8.49. The van der Waals surface area contributed by atoms with Crippen molar-refractivity contribution in [2.24, 2.45) is 0 Å². The van der Waals surface area contributed by atoms with Crippen molar-refractivity contribution >= 4 is 32.3 Å². The van der Waals surface area contributed by atoms with E-state index in [2.05, 4.69) is 24.9 Å². The van der Waals surface area contributed by atoms with Crippen LogP contribution in [0.5, 0.6) is 5.75 Å². The molecule has 0 amide bonds. The molecule has 0 atom stereocenters. The number of aromatic nitrogens is 5. The Bertz CT molecular complexity index is 1380. The number of fused-ring (bicyclic) bond motifs is 2. The van der Waals surface area contributed by atoms with Crippen molar-refractivity contribution in [2.75, 3.05) is 6.61 Å². The smallest absolute Gasteiger partial charge is 0.259 e. The van der Waals surface area contributed by atoms with Crippen LogP contribution in [-0.4, -0.2) is 31.5 Å². The van der Waals surface area contributed by atoms with Crippen LogP contribution < -0.4 is 10.3 Å². The average molecular weight is 415 g/mol. The maximum atomic E-state index is 12.7. The van der Waals surface area contributed by atoms with E-state index in [-0.39, 0.29) is 5.56 Å². The normalized spacial score (nSPS) is 11.2. The molecular weight excluding hydrogens is 398 g/mol. The number of ether oxygens (including phenoxy) is 1. The maximum absolute atomic E-state index is 12.7. The summed E-state index contributed by atoms with van der Waals surface area (Å²) in [6, 6.07) is 9.32. The number of thiophene rings is 1. The molecule has 0 spiro atoms. The number of nitrogens with zero attached hydrogens (tertiary/aromatic N) is 4. The highest BCUT2D eigenvalue weighted by Gasteiger charge is 2.09. The molecule has 4 heterocycles. The molecule has 0 fully saturated rings. The molecule has 8 heteroatoms. The molecule has 5 aromatic rings. The number of aryl methyl sites for hydroxylation is 1. The van der Waals surface area contributed by atoms with Gasteiger partial charge in [0.25, 0.3) is 5.56 Å². The first-order valence-corrected chi connectivity index (χ1v) is 10.4. The van der Waals surface area contributed by atoms with Gasteiger partial charge in [-0.3, -0.25) is 19.7 Å². The van der Waals surface area contributed by atoms with Crippen LogP contribution in [0.15, 0.2) is 65.3 Å². The van der Waals surface area contributed by atoms with E-state index in [9.17, 15) is 4.79 Å². The van der Waals surface area contributed by atoms with Crippen LogP contribution in [0.1, 0.15) is 12.1 Å². The number of hydrogen-bond donors (Lipinski definition) is 1. The molecule has 7 nitrogen and oxygen atoms in total.